The number of halogens is 2. The van der Waals surface area contributed by atoms with Gasteiger partial charge in [0, 0.05) is 22.3 Å². The van der Waals surface area contributed by atoms with Crippen molar-refractivity contribution in [3.8, 4) is 0 Å². The molecule has 0 heterocycles. The van der Waals surface area contributed by atoms with Gasteiger partial charge in [0.25, 0.3) is 0 Å². The number of anilines is 1. The molecule has 1 N–H and O–H groups in total. The Hall–Kier alpha value is -1.18. The SMILES string of the molecule is Clc1cc(Cl)cc(CNc2ccccc2)c1. The molecule has 2 rings (SSSR count). The van der Waals surface area contributed by atoms with Crippen molar-refractivity contribution in [1.82, 2.24) is 0 Å². The second kappa shape index (κ2) is 5.24. The van der Waals surface area contributed by atoms with E-state index in [2.05, 4.69) is 5.32 Å². The average Bonchev–Trinajstić information content (AvgIpc) is 2.27. The Morgan fingerprint density at radius 1 is 0.875 bits per heavy atom. The molecule has 3 heteroatoms. The maximum absolute atomic E-state index is 5.92. The first kappa shape index (κ1) is 11.3. The zero-order valence-corrected chi connectivity index (χ0v) is 10.1. The van der Waals surface area contributed by atoms with Gasteiger partial charge in [-0.3, -0.25) is 0 Å². The van der Waals surface area contributed by atoms with Crippen molar-refractivity contribution < 1.29 is 0 Å². The van der Waals surface area contributed by atoms with Gasteiger partial charge in [-0.15, -0.1) is 0 Å². The number of hydrogen-bond donors (Lipinski definition) is 1. The molecule has 0 saturated heterocycles. The molecule has 0 amide bonds. The van der Waals surface area contributed by atoms with Crippen LogP contribution in [-0.2, 0) is 6.54 Å². The summed E-state index contributed by atoms with van der Waals surface area (Å²) in [5.41, 5.74) is 2.15. The van der Waals surface area contributed by atoms with Crippen LogP contribution in [0.2, 0.25) is 10.0 Å². The van der Waals surface area contributed by atoms with Crippen molar-refractivity contribution in [2.75, 3.05) is 5.32 Å². The number of hydrogen-bond acceptors (Lipinski definition) is 1. The fraction of sp³-hybridized carbons (Fsp3) is 0.0769. The van der Waals surface area contributed by atoms with Crippen LogP contribution in [0.3, 0.4) is 0 Å². The number of para-hydroxylation sites is 1. The highest BCUT2D eigenvalue weighted by molar-refractivity contribution is 6.34. The second-order valence-corrected chi connectivity index (χ2v) is 4.37. The molecule has 2 aromatic rings. The molecule has 0 unspecified atom stereocenters. The number of benzene rings is 2. The normalized spacial score (nSPS) is 10.1. The Morgan fingerprint density at radius 2 is 1.50 bits per heavy atom. The molecule has 0 aliphatic rings. The van der Waals surface area contributed by atoms with Crippen LogP contribution in [0, 0.1) is 0 Å². The molecule has 0 fully saturated rings. The first-order valence-electron chi connectivity index (χ1n) is 4.98. The van der Waals surface area contributed by atoms with Gasteiger partial charge >= 0.3 is 0 Å². The van der Waals surface area contributed by atoms with Crippen LogP contribution < -0.4 is 5.32 Å². The van der Waals surface area contributed by atoms with Crippen molar-refractivity contribution in [3.05, 3.63) is 64.1 Å². The Labute approximate surface area is 105 Å². The van der Waals surface area contributed by atoms with Crippen LogP contribution in [0.15, 0.2) is 48.5 Å². The lowest BCUT2D eigenvalue weighted by Gasteiger charge is -2.07. The molecule has 16 heavy (non-hydrogen) atoms. The van der Waals surface area contributed by atoms with Gasteiger partial charge in [-0.2, -0.15) is 0 Å². The standard InChI is InChI=1S/C13H11Cl2N/c14-11-6-10(7-12(15)8-11)9-16-13-4-2-1-3-5-13/h1-8,16H,9H2. The minimum Gasteiger partial charge on any atom is -0.381 e. The lowest BCUT2D eigenvalue weighted by Crippen LogP contribution is -1.98. The molecule has 0 atom stereocenters. The van der Waals surface area contributed by atoms with Crippen LogP contribution >= 0.6 is 23.2 Å². The molecule has 0 saturated carbocycles. The first-order chi connectivity index (χ1) is 7.74. The molecular formula is C13H11Cl2N. The van der Waals surface area contributed by atoms with E-state index in [-0.39, 0.29) is 0 Å². The topological polar surface area (TPSA) is 12.0 Å². The van der Waals surface area contributed by atoms with Crippen molar-refractivity contribution >= 4 is 28.9 Å². The lowest BCUT2D eigenvalue weighted by atomic mass is 10.2. The summed E-state index contributed by atoms with van der Waals surface area (Å²) in [4.78, 5) is 0. The fourth-order valence-electron chi connectivity index (χ4n) is 1.47. The third kappa shape index (κ3) is 3.16. The Bertz CT molecular complexity index is 448. The number of nitrogens with one attached hydrogen (secondary N) is 1. The zero-order chi connectivity index (χ0) is 11.4. The van der Waals surface area contributed by atoms with Gasteiger partial charge in [0.05, 0.1) is 0 Å². The van der Waals surface area contributed by atoms with Crippen LogP contribution in [0.1, 0.15) is 5.56 Å². The van der Waals surface area contributed by atoms with E-state index in [0.717, 1.165) is 11.3 Å². The molecule has 0 radical (unpaired) electrons. The number of rotatable bonds is 3. The highest BCUT2D eigenvalue weighted by atomic mass is 35.5. The summed E-state index contributed by atoms with van der Waals surface area (Å²) >= 11 is 11.8. The van der Waals surface area contributed by atoms with E-state index in [0.29, 0.717) is 16.6 Å². The van der Waals surface area contributed by atoms with Crippen molar-refractivity contribution in [2.24, 2.45) is 0 Å². The first-order valence-corrected chi connectivity index (χ1v) is 5.73. The fourth-order valence-corrected chi connectivity index (χ4v) is 2.04. The summed E-state index contributed by atoms with van der Waals surface area (Å²) in [6.45, 7) is 0.713. The molecule has 0 spiro atoms. The van der Waals surface area contributed by atoms with E-state index in [1.165, 1.54) is 0 Å². The molecule has 0 bridgehead atoms. The third-order valence-corrected chi connectivity index (χ3v) is 2.63. The highest BCUT2D eigenvalue weighted by Crippen LogP contribution is 2.19. The van der Waals surface area contributed by atoms with E-state index < -0.39 is 0 Å². The summed E-state index contributed by atoms with van der Waals surface area (Å²) in [6.07, 6.45) is 0. The van der Waals surface area contributed by atoms with Crippen LogP contribution in [-0.4, -0.2) is 0 Å². The quantitative estimate of drug-likeness (QED) is 0.841. The Kier molecular flexibility index (Phi) is 3.70. The highest BCUT2D eigenvalue weighted by Gasteiger charge is 1.98. The van der Waals surface area contributed by atoms with E-state index >= 15 is 0 Å². The largest absolute Gasteiger partial charge is 0.381 e. The third-order valence-electron chi connectivity index (χ3n) is 2.19. The molecule has 0 aromatic heterocycles. The van der Waals surface area contributed by atoms with Gasteiger partial charge in [0.2, 0.25) is 0 Å². The van der Waals surface area contributed by atoms with Gasteiger partial charge in [-0.05, 0) is 35.9 Å². The van der Waals surface area contributed by atoms with E-state index in [4.69, 9.17) is 23.2 Å². The lowest BCUT2D eigenvalue weighted by molar-refractivity contribution is 1.15. The molecule has 0 aliphatic heterocycles. The minimum atomic E-state index is 0.664. The van der Waals surface area contributed by atoms with Crippen LogP contribution in [0.4, 0.5) is 5.69 Å². The van der Waals surface area contributed by atoms with Crippen LogP contribution in [0.5, 0.6) is 0 Å². The maximum atomic E-state index is 5.92. The summed E-state index contributed by atoms with van der Waals surface area (Å²) in [5, 5.41) is 4.63. The summed E-state index contributed by atoms with van der Waals surface area (Å²) < 4.78 is 0. The molecular weight excluding hydrogens is 241 g/mol. The molecule has 82 valence electrons. The summed E-state index contributed by atoms with van der Waals surface area (Å²) in [6, 6.07) is 15.6. The Morgan fingerprint density at radius 3 is 2.12 bits per heavy atom. The minimum absolute atomic E-state index is 0.664. The smallest absolute Gasteiger partial charge is 0.0424 e. The summed E-state index contributed by atoms with van der Waals surface area (Å²) in [5.74, 6) is 0. The van der Waals surface area contributed by atoms with Gasteiger partial charge in [0.1, 0.15) is 0 Å². The van der Waals surface area contributed by atoms with Gasteiger partial charge in [0.15, 0.2) is 0 Å². The predicted octanol–water partition coefficient (Wildman–Crippen LogP) is 4.61. The van der Waals surface area contributed by atoms with Crippen molar-refractivity contribution in [1.29, 1.82) is 0 Å². The van der Waals surface area contributed by atoms with Crippen molar-refractivity contribution in [3.63, 3.8) is 0 Å². The van der Waals surface area contributed by atoms with Crippen molar-refractivity contribution in [2.45, 2.75) is 6.54 Å². The maximum Gasteiger partial charge on any atom is 0.0424 e. The molecule has 0 aliphatic carbocycles. The van der Waals surface area contributed by atoms with E-state index in [9.17, 15) is 0 Å². The van der Waals surface area contributed by atoms with Gasteiger partial charge < -0.3 is 5.32 Å². The average molecular weight is 252 g/mol. The summed E-state index contributed by atoms with van der Waals surface area (Å²) in [7, 11) is 0. The van der Waals surface area contributed by atoms with E-state index in [1.807, 2.05) is 42.5 Å². The molecule has 2 aromatic carbocycles. The Balaban J connectivity index is 2.05. The zero-order valence-electron chi connectivity index (χ0n) is 8.58. The second-order valence-electron chi connectivity index (χ2n) is 3.50. The van der Waals surface area contributed by atoms with Gasteiger partial charge in [-0.25, -0.2) is 0 Å². The predicted molar refractivity (Wildman–Crippen MR) is 70.2 cm³/mol. The molecule has 1 nitrogen and oxygen atoms in total. The van der Waals surface area contributed by atoms with Gasteiger partial charge in [-0.1, -0.05) is 41.4 Å². The van der Waals surface area contributed by atoms with E-state index in [1.54, 1.807) is 6.07 Å². The van der Waals surface area contributed by atoms with Crippen LogP contribution in [0.25, 0.3) is 0 Å². The monoisotopic (exact) mass is 251 g/mol.